The summed E-state index contributed by atoms with van der Waals surface area (Å²) in [6.07, 6.45) is 1.89. The van der Waals surface area contributed by atoms with Gasteiger partial charge in [-0.25, -0.2) is 8.42 Å². The van der Waals surface area contributed by atoms with Crippen LogP contribution in [0.1, 0.15) is 5.56 Å². The summed E-state index contributed by atoms with van der Waals surface area (Å²) in [4.78, 5) is -0.122. The van der Waals surface area contributed by atoms with E-state index in [0.717, 1.165) is 11.3 Å². The van der Waals surface area contributed by atoms with Crippen molar-refractivity contribution in [2.75, 3.05) is 16.6 Å². The number of hydrogen-bond acceptors (Lipinski definition) is 4. The lowest BCUT2D eigenvalue weighted by Crippen LogP contribution is -2.15. The molecular formula is C21H14Cl4N2O3S. The molecule has 0 unspecified atom stereocenters. The van der Waals surface area contributed by atoms with Crippen molar-refractivity contribution in [2.24, 2.45) is 0 Å². The van der Waals surface area contributed by atoms with Crippen LogP contribution < -0.4 is 14.8 Å². The van der Waals surface area contributed by atoms with Gasteiger partial charge in [-0.2, -0.15) is 0 Å². The smallest absolute Gasteiger partial charge is 0.263 e. The number of sulfonamides is 1. The zero-order valence-corrected chi connectivity index (χ0v) is 19.5. The van der Waals surface area contributed by atoms with E-state index in [0.29, 0.717) is 17.3 Å². The first kappa shape index (κ1) is 22.1. The summed E-state index contributed by atoms with van der Waals surface area (Å²) in [5.74, 6) is 0.840. The molecule has 31 heavy (non-hydrogen) atoms. The molecule has 10 heteroatoms. The highest BCUT2D eigenvalue weighted by atomic mass is 35.5. The van der Waals surface area contributed by atoms with Crippen LogP contribution in [0.3, 0.4) is 0 Å². The lowest BCUT2D eigenvalue weighted by molar-refractivity contribution is 0.426. The Hall–Kier alpha value is -2.09. The maximum absolute atomic E-state index is 12.7. The number of fused-ring (bicyclic) bond motifs is 1. The molecule has 0 atom stereocenters. The molecular weight excluding hydrogens is 502 g/mol. The third-order valence-electron chi connectivity index (χ3n) is 4.40. The minimum absolute atomic E-state index is 0.00540. The molecule has 0 aliphatic carbocycles. The van der Waals surface area contributed by atoms with E-state index in [1.54, 1.807) is 0 Å². The molecule has 0 saturated heterocycles. The van der Waals surface area contributed by atoms with Gasteiger partial charge in [0.1, 0.15) is 10.7 Å². The first-order valence-electron chi connectivity index (χ1n) is 8.91. The predicted molar refractivity (Wildman–Crippen MR) is 127 cm³/mol. The summed E-state index contributed by atoms with van der Waals surface area (Å²) < 4.78 is 33.7. The van der Waals surface area contributed by atoms with Crippen molar-refractivity contribution >= 4 is 73.9 Å². The third-order valence-corrected chi connectivity index (χ3v) is 7.06. The van der Waals surface area contributed by atoms with Crippen LogP contribution in [0.15, 0.2) is 65.3 Å². The monoisotopic (exact) mass is 514 g/mol. The number of rotatable bonds is 5. The van der Waals surface area contributed by atoms with Gasteiger partial charge in [-0.1, -0.05) is 64.6 Å². The summed E-state index contributed by atoms with van der Waals surface area (Å²) in [6, 6.07) is 14.7. The number of ether oxygens (including phenoxy) is 1. The number of anilines is 2. The summed E-state index contributed by atoms with van der Waals surface area (Å²) >= 11 is 24.6. The van der Waals surface area contributed by atoms with E-state index in [9.17, 15) is 8.42 Å². The largest absolute Gasteiger partial charge is 0.457 e. The molecule has 0 spiro atoms. The normalized spacial score (nSPS) is 13.1. The summed E-state index contributed by atoms with van der Waals surface area (Å²) in [5, 5.41) is 3.86. The van der Waals surface area contributed by atoms with Crippen LogP contribution in [0.2, 0.25) is 20.1 Å². The molecule has 1 heterocycles. The van der Waals surface area contributed by atoms with Gasteiger partial charge in [0, 0.05) is 16.3 Å². The molecule has 0 fully saturated rings. The average molecular weight is 516 g/mol. The second kappa shape index (κ2) is 8.81. The quantitative estimate of drug-likeness (QED) is 0.386. The van der Waals surface area contributed by atoms with Crippen molar-refractivity contribution in [3.05, 3.63) is 86.0 Å². The fourth-order valence-electron chi connectivity index (χ4n) is 3.01. The highest BCUT2D eigenvalue weighted by Gasteiger charge is 2.21. The fraction of sp³-hybridized carbons (Fsp3) is 0.0476. The Morgan fingerprint density at radius 1 is 0.903 bits per heavy atom. The maximum atomic E-state index is 12.7. The molecule has 1 aliphatic rings. The van der Waals surface area contributed by atoms with Crippen molar-refractivity contribution in [3.8, 4) is 5.75 Å². The molecule has 0 bridgehead atoms. The van der Waals surface area contributed by atoms with E-state index in [-0.39, 0.29) is 31.4 Å². The van der Waals surface area contributed by atoms with Gasteiger partial charge in [0.2, 0.25) is 0 Å². The lowest BCUT2D eigenvalue weighted by Gasteiger charge is -2.20. The molecule has 0 radical (unpaired) electrons. The van der Waals surface area contributed by atoms with Gasteiger partial charge in [0.15, 0.2) is 5.75 Å². The van der Waals surface area contributed by atoms with E-state index < -0.39 is 10.0 Å². The van der Waals surface area contributed by atoms with Crippen LogP contribution in [-0.2, 0) is 10.0 Å². The standard InChI is InChI=1S/C21H14Cl4N2O3S/c22-13-5-6-20(16(23)8-13)31(28,29)27-14-9-17(24)21(18(25)10-14)30-15-7-12-3-1-2-4-19(12)26-11-15/h1-10,26-27H,11H2. The topological polar surface area (TPSA) is 67.4 Å². The summed E-state index contributed by atoms with van der Waals surface area (Å²) in [5.41, 5.74) is 2.13. The molecule has 4 rings (SSSR count). The number of nitrogens with one attached hydrogen (secondary N) is 2. The Labute approximate surface area is 199 Å². The SMILES string of the molecule is O=S(=O)(Nc1cc(Cl)c(OC2=Cc3ccccc3NC2)c(Cl)c1)c1ccc(Cl)cc1Cl. The van der Waals surface area contributed by atoms with Gasteiger partial charge >= 0.3 is 0 Å². The molecule has 3 aromatic rings. The third kappa shape index (κ3) is 4.89. The highest BCUT2D eigenvalue weighted by Crippen LogP contribution is 2.39. The molecule has 1 aliphatic heterocycles. The van der Waals surface area contributed by atoms with Gasteiger partial charge < -0.3 is 10.1 Å². The van der Waals surface area contributed by atoms with Gasteiger partial charge in [-0.05, 0) is 42.5 Å². The molecule has 3 aromatic carbocycles. The number of para-hydroxylation sites is 1. The summed E-state index contributed by atoms with van der Waals surface area (Å²) in [6.45, 7) is 0.452. The van der Waals surface area contributed by atoms with E-state index >= 15 is 0 Å². The van der Waals surface area contributed by atoms with E-state index in [4.69, 9.17) is 51.1 Å². The lowest BCUT2D eigenvalue weighted by atomic mass is 10.1. The van der Waals surface area contributed by atoms with E-state index in [2.05, 4.69) is 10.0 Å². The molecule has 160 valence electrons. The zero-order chi connectivity index (χ0) is 22.2. The van der Waals surface area contributed by atoms with Crippen LogP contribution in [0.25, 0.3) is 6.08 Å². The molecule has 2 N–H and O–H groups in total. The Kier molecular flexibility index (Phi) is 6.28. The van der Waals surface area contributed by atoms with Crippen molar-refractivity contribution in [2.45, 2.75) is 4.90 Å². The molecule has 0 saturated carbocycles. The minimum atomic E-state index is -3.99. The van der Waals surface area contributed by atoms with Gasteiger partial charge in [-0.15, -0.1) is 0 Å². The van der Waals surface area contributed by atoms with Crippen molar-refractivity contribution < 1.29 is 13.2 Å². The first-order chi connectivity index (χ1) is 14.7. The van der Waals surface area contributed by atoms with E-state index in [1.165, 1.54) is 30.3 Å². The highest BCUT2D eigenvalue weighted by molar-refractivity contribution is 7.92. The van der Waals surface area contributed by atoms with E-state index in [1.807, 2.05) is 30.3 Å². The molecule has 0 aromatic heterocycles. The number of halogens is 4. The minimum Gasteiger partial charge on any atom is -0.457 e. The second-order valence-electron chi connectivity index (χ2n) is 6.60. The van der Waals surface area contributed by atoms with Crippen LogP contribution in [0, 0.1) is 0 Å². The summed E-state index contributed by atoms with van der Waals surface area (Å²) in [7, 11) is -3.99. The van der Waals surface area contributed by atoms with Crippen molar-refractivity contribution in [1.82, 2.24) is 0 Å². The Bertz CT molecular complexity index is 1290. The maximum Gasteiger partial charge on any atom is 0.263 e. The molecule has 0 amide bonds. The zero-order valence-electron chi connectivity index (χ0n) is 15.6. The number of hydrogen-bond donors (Lipinski definition) is 2. The Morgan fingerprint density at radius 3 is 2.32 bits per heavy atom. The van der Waals surface area contributed by atoms with Crippen LogP contribution in [0.4, 0.5) is 11.4 Å². The first-order valence-corrected chi connectivity index (χ1v) is 11.9. The number of benzene rings is 3. The second-order valence-corrected chi connectivity index (χ2v) is 9.91. The van der Waals surface area contributed by atoms with Crippen LogP contribution in [-0.4, -0.2) is 15.0 Å². The van der Waals surface area contributed by atoms with Gasteiger partial charge in [0.05, 0.1) is 27.3 Å². The predicted octanol–water partition coefficient (Wildman–Crippen LogP) is 6.95. The van der Waals surface area contributed by atoms with Crippen LogP contribution >= 0.6 is 46.4 Å². The van der Waals surface area contributed by atoms with Gasteiger partial charge in [-0.3, -0.25) is 4.72 Å². The van der Waals surface area contributed by atoms with Gasteiger partial charge in [0.25, 0.3) is 10.0 Å². The Balaban J connectivity index is 1.59. The van der Waals surface area contributed by atoms with Crippen LogP contribution in [0.5, 0.6) is 5.75 Å². The van der Waals surface area contributed by atoms with Crippen molar-refractivity contribution in [3.63, 3.8) is 0 Å². The molecule has 5 nitrogen and oxygen atoms in total. The van der Waals surface area contributed by atoms with Crippen molar-refractivity contribution in [1.29, 1.82) is 0 Å². The Morgan fingerprint density at radius 2 is 1.61 bits per heavy atom. The average Bonchev–Trinajstić information content (AvgIpc) is 2.70. The fourth-order valence-corrected chi connectivity index (χ4v) is 5.39.